The van der Waals surface area contributed by atoms with Crippen LogP contribution in [0, 0.1) is 6.92 Å². The fourth-order valence-electron chi connectivity index (χ4n) is 6.29. The van der Waals surface area contributed by atoms with E-state index < -0.39 is 16.1 Å². The number of amides is 1. The fraction of sp³-hybridized carbons (Fsp3) is 0.324. The maximum Gasteiger partial charge on any atom is 0.243 e. The first-order chi connectivity index (χ1) is 20.4. The number of carbonyl (C=O) groups is 1. The Morgan fingerprint density at radius 3 is 2.50 bits per heavy atom. The molecule has 218 valence electrons. The predicted molar refractivity (Wildman–Crippen MR) is 164 cm³/mol. The average molecular weight is 583 g/mol. The van der Waals surface area contributed by atoms with E-state index in [4.69, 9.17) is 0 Å². The molecule has 3 aromatic carbocycles. The molecule has 2 unspecified atom stereocenters. The Bertz CT molecular complexity index is 1650. The number of aromatic nitrogens is 1. The van der Waals surface area contributed by atoms with Crippen molar-refractivity contribution in [2.75, 3.05) is 6.54 Å². The summed E-state index contributed by atoms with van der Waals surface area (Å²) in [5, 5.41) is 6.79. The number of fused-ring (bicyclic) bond motifs is 2. The molecule has 8 heteroatoms. The van der Waals surface area contributed by atoms with E-state index >= 15 is 0 Å². The minimum atomic E-state index is -3.77. The molecule has 2 aliphatic rings. The highest BCUT2D eigenvalue weighted by molar-refractivity contribution is 7.89. The first-order valence-corrected chi connectivity index (χ1v) is 16.2. The van der Waals surface area contributed by atoms with Crippen LogP contribution in [0.3, 0.4) is 0 Å². The van der Waals surface area contributed by atoms with Gasteiger partial charge in [-0.2, -0.15) is 4.31 Å². The minimum Gasteiger partial charge on any atom is -0.349 e. The third kappa shape index (κ3) is 6.07. The molecule has 0 radical (unpaired) electrons. The number of carbonyl (C=O) groups excluding carboxylic acids is 1. The number of sulfonamides is 1. The Labute approximate surface area is 248 Å². The molecule has 2 N–H and O–H groups in total. The third-order valence-electron chi connectivity index (χ3n) is 8.48. The second kappa shape index (κ2) is 12.3. The van der Waals surface area contributed by atoms with E-state index in [1.807, 2.05) is 43.5 Å². The Kier molecular flexibility index (Phi) is 8.29. The lowest BCUT2D eigenvalue weighted by molar-refractivity contribution is -0.123. The van der Waals surface area contributed by atoms with Crippen LogP contribution < -0.4 is 10.6 Å². The van der Waals surface area contributed by atoms with Crippen molar-refractivity contribution in [2.24, 2.45) is 0 Å². The SMILES string of the molecule is Cc1ccc(S(=O)(=O)N2CCn3cccc3C2CC(=O)NC2CCCc3cc(CNCc4ccccc4)ccc32)cc1. The lowest BCUT2D eigenvalue weighted by atomic mass is 9.86. The molecule has 1 aliphatic heterocycles. The van der Waals surface area contributed by atoms with Gasteiger partial charge in [0.05, 0.1) is 17.0 Å². The van der Waals surface area contributed by atoms with Gasteiger partial charge in [0.2, 0.25) is 15.9 Å². The molecule has 7 nitrogen and oxygen atoms in total. The van der Waals surface area contributed by atoms with E-state index in [0.717, 1.165) is 49.2 Å². The first-order valence-electron chi connectivity index (χ1n) is 14.8. The Morgan fingerprint density at radius 1 is 0.905 bits per heavy atom. The van der Waals surface area contributed by atoms with Crippen LogP contribution in [-0.2, 0) is 40.9 Å². The van der Waals surface area contributed by atoms with E-state index in [1.165, 1.54) is 21.0 Å². The first kappa shape index (κ1) is 28.4. The number of rotatable bonds is 9. The topological polar surface area (TPSA) is 83.4 Å². The second-order valence-corrected chi connectivity index (χ2v) is 13.3. The Morgan fingerprint density at radius 2 is 1.69 bits per heavy atom. The normalized spacial score (nSPS) is 18.7. The minimum absolute atomic E-state index is 0.0719. The number of hydrogen-bond acceptors (Lipinski definition) is 4. The standard InChI is InChI=1S/C34H38N4O3S/c1-25-12-15-29(16-13-25)42(40,41)38-20-19-37-18-6-11-32(37)33(38)22-34(39)36-31-10-5-9-28-21-27(14-17-30(28)31)24-35-23-26-7-3-2-4-8-26/h2-4,6-8,11-18,21,31,33,35H,5,9-10,19-20,22-24H2,1H3,(H,36,39). The fourth-order valence-corrected chi connectivity index (χ4v) is 7.88. The summed E-state index contributed by atoms with van der Waals surface area (Å²) in [6.07, 6.45) is 4.89. The van der Waals surface area contributed by atoms with Crippen LogP contribution >= 0.6 is 0 Å². The molecule has 4 aromatic rings. The Balaban J connectivity index is 1.15. The molecule has 1 aromatic heterocycles. The van der Waals surface area contributed by atoms with Gasteiger partial charge >= 0.3 is 0 Å². The van der Waals surface area contributed by atoms with E-state index in [0.29, 0.717) is 13.1 Å². The van der Waals surface area contributed by atoms with E-state index in [-0.39, 0.29) is 23.3 Å². The van der Waals surface area contributed by atoms with Gasteiger partial charge in [-0.3, -0.25) is 4.79 Å². The van der Waals surface area contributed by atoms with E-state index in [9.17, 15) is 13.2 Å². The molecule has 0 saturated carbocycles. The van der Waals surface area contributed by atoms with Crippen molar-refractivity contribution in [3.8, 4) is 0 Å². The van der Waals surface area contributed by atoms with Gasteiger partial charge in [0.15, 0.2) is 0 Å². The van der Waals surface area contributed by atoms with E-state index in [2.05, 4.69) is 57.7 Å². The van der Waals surface area contributed by atoms with Crippen LogP contribution in [0.25, 0.3) is 0 Å². The number of nitrogens with one attached hydrogen (secondary N) is 2. The highest BCUT2D eigenvalue weighted by Gasteiger charge is 2.38. The van der Waals surface area contributed by atoms with Crippen molar-refractivity contribution in [3.63, 3.8) is 0 Å². The molecule has 0 fully saturated rings. The lowest BCUT2D eigenvalue weighted by Crippen LogP contribution is -2.44. The summed E-state index contributed by atoms with van der Waals surface area (Å²) in [5.41, 5.74) is 6.79. The van der Waals surface area contributed by atoms with Crippen molar-refractivity contribution in [3.05, 3.63) is 125 Å². The van der Waals surface area contributed by atoms with Gasteiger partial charge in [0.1, 0.15) is 0 Å². The van der Waals surface area contributed by atoms with Gasteiger partial charge in [-0.15, -0.1) is 0 Å². The molecule has 1 aliphatic carbocycles. The van der Waals surface area contributed by atoms with Crippen molar-refractivity contribution >= 4 is 15.9 Å². The molecule has 0 saturated heterocycles. The molecule has 6 rings (SSSR count). The molecule has 0 bridgehead atoms. The summed E-state index contributed by atoms with van der Waals surface area (Å²) in [6, 6.07) is 27.1. The van der Waals surface area contributed by atoms with Crippen LogP contribution in [0.2, 0.25) is 0 Å². The summed E-state index contributed by atoms with van der Waals surface area (Å²) in [7, 11) is -3.77. The molecule has 1 amide bonds. The van der Waals surface area contributed by atoms with Crippen molar-refractivity contribution in [1.29, 1.82) is 0 Å². The summed E-state index contributed by atoms with van der Waals surface area (Å²) in [6.45, 7) is 4.42. The number of hydrogen-bond donors (Lipinski definition) is 2. The molecule has 2 atom stereocenters. The maximum absolute atomic E-state index is 13.7. The van der Waals surface area contributed by atoms with Crippen LogP contribution in [-0.4, -0.2) is 29.7 Å². The van der Waals surface area contributed by atoms with Gasteiger partial charge in [-0.25, -0.2) is 8.42 Å². The van der Waals surface area contributed by atoms with Gasteiger partial charge in [-0.05, 0) is 72.7 Å². The maximum atomic E-state index is 13.7. The number of aryl methyl sites for hydroxylation is 2. The zero-order chi connectivity index (χ0) is 29.1. The lowest BCUT2D eigenvalue weighted by Gasteiger charge is -2.36. The monoisotopic (exact) mass is 582 g/mol. The Hall–Kier alpha value is -3.72. The molecule has 2 heterocycles. The second-order valence-electron chi connectivity index (χ2n) is 11.4. The third-order valence-corrected chi connectivity index (χ3v) is 10.4. The summed E-state index contributed by atoms with van der Waals surface area (Å²) in [5.74, 6) is -0.134. The number of benzene rings is 3. The highest BCUT2D eigenvalue weighted by Crippen LogP contribution is 2.35. The van der Waals surface area contributed by atoms with Crippen molar-refractivity contribution in [1.82, 2.24) is 19.5 Å². The van der Waals surface area contributed by atoms with Crippen molar-refractivity contribution in [2.45, 2.75) is 69.2 Å². The number of nitrogens with zero attached hydrogens (tertiary/aromatic N) is 2. The van der Waals surface area contributed by atoms with Gasteiger partial charge in [0, 0.05) is 44.5 Å². The summed E-state index contributed by atoms with van der Waals surface area (Å²) in [4.78, 5) is 13.8. The summed E-state index contributed by atoms with van der Waals surface area (Å²) >= 11 is 0. The predicted octanol–water partition coefficient (Wildman–Crippen LogP) is 5.42. The van der Waals surface area contributed by atoms with Crippen LogP contribution in [0.1, 0.15) is 64.9 Å². The molecule has 42 heavy (non-hydrogen) atoms. The zero-order valence-electron chi connectivity index (χ0n) is 24.0. The molecular weight excluding hydrogens is 544 g/mol. The van der Waals surface area contributed by atoms with Gasteiger partial charge < -0.3 is 15.2 Å². The van der Waals surface area contributed by atoms with Gasteiger partial charge in [0.25, 0.3) is 0 Å². The highest BCUT2D eigenvalue weighted by atomic mass is 32.2. The largest absolute Gasteiger partial charge is 0.349 e. The quantitative estimate of drug-likeness (QED) is 0.276. The molecular formula is C34H38N4O3S. The van der Waals surface area contributed by atoms with Crippen molar-refractivity contribution < 1.29 is 13.2 Å². The smallest absolute Gasteiger partial charge is 0.243 e. The van der Waals surface area contributed by atoms with E-state index in [1.54, 1.807) is 12.1 Å². The van der Waals surface area contributed by atoms with Crippen LogP contribution in [0.15, 0.2) is 96.0 Å². The summed E-state index contributed by atoms with van der Waals surface area (Å²) < 4.78 is 31.1. The van der Waals surface area contributed by atoms with Crippen LogP contribution in [0.4, 0.5) is 0 Å². The zero-order valence-corrected chi connectivity index (χ0v) is 24.8. The van der Waals surface area contributed by atoms with Crippen LogP contribution in [0.5, 0.6) is 0 Å². The average Bonchev–Trinajstić information content (AvgIpc) is 3.48. The van der Waals surface area contributed by atoms with Gasteiger partial charge in [-0.1, -0.05) is 66.2 Å². The molecule has 0 spiro atoms.